The number of fused-ring (bicyclic) bond motifs is 1. The Hall–Kier alpha value is -2.41. The number of ketones is 1. The Morgan fingerprint density at radius 1 is 1.45 bits per heavy atom. The van der Waals surface area contributed by atoms with Crippen molar-refractivity contribution >= 4 is 34.4 Å². The monoisotopic (exact) mass is 291 g/mol. The summed E-state index contributed by atoms with van der Waals surface area (Å²) in [5.41, 5.74) is 0.878. The highest BCUT2D eigenvalue weighted by Gasteiger charge is 2.14. The lowest BCUT2D eigenvalue weighted by Gasteiger charge is -2.04. The molecule has 20 heavy (non-hydrogen) atoms. The Morgan fingerprint density at radius 2 is 2.30 bits per heavy atom. The van der Waals surface area contributed by atoms with Crippen molar-refractivity contribution in [3.05, 3.63) is 35.3 Å². The van der Waals surface area contributed by atoms with Gasteiger partial charge in [0.25, 0.3) is 0 Å². The van der Waals surface area contributed by atoms with Gasteiger partial charge >= 0.3 is 0 Å². The van der Waals surface area contributed by atoms with E-state index in [1.54, 1.807) is 12.3 Å². The molecular formula is C12H10ClN5O2. The van der Waals surface area contributed by atoms with Gasteiger partial charge in [0.1, 0.15) is 11.3 Å². The molecule has 0 atom stereocenters. The van der Waals surface area contributed by atoms with Crippen LogP contribution in [0.1, 0.15) is 23.3 Å². The van der Waals surface area contributed by atoms with Crippen molar-refractivity contribution < 1.29 is 9.21 Å². The molecule has 3 aromatic heterocycles. The summed E-state index contributed by atoms with van der Waals surface area (Å²) in [7, 11) is 0. The largest absolute Gasteiger partial charge is 0.467 e. The maximum atomic E-state index is 11.3. The van der Waals surface area contributed by atoms with Gasteiger partial charge in [-0.15, -0.1) is 0 Å². The van der Waals surface area contributed by atoms with Gasteiger partial charge in [0.05, 0.1) is 12.8 Å². The number of halogens is 1. The first kappa shape index (κ1) is 12.6. The van der Waals surface area contributed by atoms with Crippen LogP contribution in [-0.4, -0.2) is 25.7 Å². The zero-order valence-electron chi connectivity index (χ0n) is 10.5. The highest BCUT2D eigenvalue weighted by atomic mass is 35.5. The van der Waals surface area contributed by atoms with Gasteiger partial charge in [0.2, 0.25) is 5.28 Å². The third-order valence-electron chi connectivity index (χ3n) is 2.67. The summed E-state index contributed by atoms with van der Waals surface area (Å²) in [6.45, 7) is 1.85. The average molecular weight is 292 g/mol. The summed E-state index contributed by atoms with van der Waals surface area (Å²) >= 11 is 5.85. The van der Waals surface area contributed by atoms with Crippen molar-refractivity contribution in [3.8, 4) is 0 Å². The molecule has 3 aromatic rings. The number of imidazole rings is 1. The lowest BCUT2D eigenvalue weighted by Crippen LogP contribution is -2.02. The number of nitrogens with one attached hydrogen (secondary N) is 2. The van der Waals surface area contributed by atoms with Crippen LogP contribution in [0, 0.1) is 0 Å². The Labute approximate surface area is 118 Å². The summed E-state index contributed by atoms with van der Waals surface area (Å²) < 4.78 is 5.22. The summed E-state index contributed by atoms with van der Waals surface area (Å²) in [4.78, 5) is 26.4. The summed E-state index contributed by atoms with van der Waals surface area (Å²) in [5.74, 6) is 1.25. The molecule has 0 bridgehead atoms. The molecule has 0 fully saturated rings. The minimum Gasteiger partial charge on any atom is -0.467 e. The molecular weight excluding hydrogens is 282 g/mol. The molecule has 0 amide bonds. The molecule has 0 saturated carbocycles. The normalized spacial score (nSPS) is 10.9. The van der Waals surface area contributed by atoms with Crippen LogP contribution in [-0.2, 0) is 6.54 Å². The van der Waals surface area contributed by atoms with Crippen molar-refractivity contribution in [2.75, 3.05) is 5.32 Å². The molecule has 2 N–H and O–H groups in total. The average Bonchev–Trinajstić information content (AvgIpc) is 3.04. The molecule has 0 aliphatic rings. The fraction of sp³-hybridized carbons (Fsp3) is 0.167. The number of rotatable bonds is 4. The Bertz CT molecular complexity index is 766. The number of H-pyrrole nitrogens is 1. The van der Waals surface area contributed by atoms with E-state index in [1.807, 2.05) is 6.07 Å². The van der Waals surface area contributed by atoms with Gasteiger partial charge in [-0.05, 0) is 23.7 Å². The molecule has 0 aliphatic heterocycles. The van der Waals surface area contributed by atoms with E-state index >= 15 is 0 Å². The van der Waals surface area contributed by atoms with Gasteiger partial charge in [-0.1, -0.05) is 0 Å². The Balaban J connectivity index is 1.98. The number of aromatic amines is 1. The van der Waals surface area contributed by atoms with Crippen LogP contribution in [0.3, 0.4) is 0 Å². The second kappa shape index (κ2) is 4.93. The highest BCUT2D eigenvalue weighted by Crippen LogP contribution is 2.21. The zero-order chi connectivity index (χ0) is 14.1. The first-order valence-electron chi connectivity index (χ1n) is 5.84. The molecule has 0 unspecified atom stereocenters. The molecule has 0 saturated heterocycles. The SMILES string of the molecule is CC(=O)c1nc2nc(Cl)nc(NCc3ccco3)c2[nH]1. The van der Waals surface area contributed by atoms with E-state index in [0.717, 1.165) is 5.76 Å². The first-order valence-corrected chi connectivity index (χ1v) is 6.21. The minimum atomic E-state index is -0.184. The number of carbonyl (C=O) groups excluding carboxylic acids is 1. The predicted octanol–water partition coefficient (Wildman–Crippen LogP) is 2.41. The smallest absolute Gasteiger partial charge is 0.226 e. The quantitative estimate of drug-likeness (QED) is 0.566. The van der Waals surface area contributed by atoms with Gasteiger partial charge in [-0.2, -0.15) is 9.97 Å². The van der Waals surface area contributed by atoms with Crippen LogP contribution in [0.15, 0.2) is 22.8 Å². The van der Waals surface area contributed by atoms with Crippen molar-refractivity contribution in [2.24, 2.45) is 0 Å². The standard InChI is InChI=1S/C12H10ClN5O2/c1-6(19)9-15-8-10(14-5-7-3-2-4-20-7)17-12(13)18-11(8)16-9/h2-4H,5H2,1H3,(H2,14,15,16,17,18). The fourth-order valence-electron chi connectivity index (χ4n) is 1.75. The second-order valence-corrected chi connectivity index (χ2v) is 4.45. The molecule has 3 heterocycles. The predicted molar refractivity (Wildman–Crippen MR) is 72.7 cm³/mol. The van der Waals surface area contributed by atoms with Crippen LogP contribution in [0.2, 0.25) is 5.28 Å². The van der Waals surface area contributed by atoms with Gasteiger partial charge in [-0.3, -0.25) is 4.79 Å². The molecule has 102 valence electrons. The van der Waals surface area contributed by atoms with Crippen LogP contribution in [0.25, 0.3) is 11.2 Å². The van der Waals surface area contributed by atoms with Gasteiger partial charge < -0.3 is 14.7 Å². The second-order valence-electron chi connectivity index (χ2n) is 4.11. The van der Waals surface area contributed by atoms with Crippen molar-refractivity contribution in [1.82, 2.24) is 19.9 Å². The van der Waals surface area contributed by atoms with Crippen LogP contribution < -0.4 is 5.32 Å². The number of nitrogens with zero attached hydrogens (tertiary/aromatic N) is 3. The van der Waals surface area contributed by atoms with E-state index < -0.39 is 0 Å². The maximum absolute atomic E-state index is 11.3. The molecule has 7 nitrogen and oxygen atoms in total. The molecule has 3 rings (SSSR count). The number of furan rings is 1. The molecule has 0 radical (unpaired) electrons. The van der Waals surface area contributed by atoms with Crippen molar-refractivity contribution in [1.29, 1.82) is 0 Å². The number of hydrogen-bond acceptors (Lipinski definition) is 6. The number of hydrogen-bond donors (Lipinski definition) is 2. The van der Waals surface area contributed by atoms with Crippen LogP contribution in [0.4, 0.5) is 5.82 Å². The summed E-state index contributed by atoms with van der Waals surface area (Å²) in [6.07, 6.45) is 1.59. The lowest BCUT2D eigenvalue weighted by molar-refractivity contribution is 0.100. The lowest BCUT2D eigenvalue weighted by atomic mass is 10.4. The Morgan fingerprint density at radius 3 is 3.00 bits per heavy atom. The maximum Gasteiger partial charge on any atom is 0.226 e. The van der Waals surface area contributed by atoms with Gasteiger partial charge in [0, 0.05) is 6.92 Å². The van der Waals surface area contributed by atoms with E-state index in [-0.39, 0.29) is 16.9 Å². The Kier molecular flexibility index (Phi) is 3.11. The minimum absolute atomic E-state index is 0.0565. The van der Waals surface area contributed by atoms with Crippen LogP contribution >= 0.6 is 11.6 Å². The third-order valence-corrected chi connectivity index (χ3v) is 2.84. The number of aromatic nitrogens is 4. The fourth-order valence-corrected chi connectivity index (χ4v) is 1.91. The van der Waals surface area contributed by atoms with Crippen molar-refractivity contribution in [3.63, 3.8) is 0 Å². The van der Waals surface area contributed by atoms with E-state index in [0.29, 0.717) is 23.5 Å². The molecule has 8 heteroatoms. The highest BCUT2D eigenvalue weighted by molar-refractivity contribution is 6.28. The molecule has 0 aliphatic carbocycles. The van der Waals surface area contributed by atoms with Crippen LogP contribution in [0.5, 0.6) is 0 Å². The van der Waals surface area contributed by atoms with E-state index in [9.17, 15) is 4.79 Å². The topological polar surface area (TPSA) is 96.7 Å². The number of carbonyl (C=O) groups is 1. The van der Waals surface area contributed by atoms with Gasteiger partial charge in [-0.25, -0.2) is 4.98 Å². The van der Waals surface area contributed by atoms with Gasteiger partial charge in [0.15, 0.2) is 23.1 Å². The molecule has 0 aromatic carbocycles. The molecule has 0 spiro atoms. The third kappa shape index (κ3) is 2.35. The zero-order valence-corrected chi connectivity index (χ0v) is 11.2. The van der Waals surface area contributed by atoms with Crippen molar-refractivity contribution in [2.45, 2.75) is 13.5 Å². The summed E-state index contributed by atoms with van der Waals surface area (Å²) in [6, 6.07) is 3.63. The number of anilines is 1. The number of Topliss-reactive ketones (excluding diaryl/α,β-unsaturated/α-hetero) is 1. The van der Waals surface area contributed by atoms with E-state index in [1.165, 1.54) is 6.92 Å². The van der Waals surface area contributed by atoms with E-state index in [2.05, 4.69) is 25.3 Å². The summed E-state index contributed by atoms with van der Waals surface area (Å²) in [5, 5.41) is 3.13. The van der Waals surface area contributed by atoms with E-state index in [4.69, 9.17) is 16.0 Å². The first-order chi connectivity index (χ1) is 9.63.